The van der Waals surface area contributed by atoms with Gasteiger partial charge in [-0.15, -0.1) is 0 Å². The van der Waals surface area contributed by atoms with Crippen LogP contribution in [-0.4, -0.2) is 36.2 Å². The Morgan fingerprint density at radius 3 is 2.58 bits per heavy atom. The second-order valence-electron chi connectivity index (χ2n) is 7.35. The number of imidazole rings is 1. The molecule has 7 nitrogen and oxygen atoms in total. The van der Waals surface area contributed by atoms with Crippen LogP contribution >= 0.6 is 11.8 Å². The number of nitrogens with two attached hydrogens (primary N) is 1. The molecule has 0 radical (unpaired) electrons. The quantitative estimate of drug-likeness (QED) is 0.450. The van der Waals surface area contributed by atoms with Crippen molar-refractivity contribution in [2.45, 2.75) is 49.2 Å². The van der Waals surface area contributed by atoms with Gasteiger partial charge >= 0.3 is 0 Å². The number of carbonyl (C=O) groups excluding carboxylic acids is 1. The largest absolute Gasteiger partial charge is 0.355 e. The number of fused-ring (bicyclic) bond motifs is 1. The summed E-state index contributed by atoms with van der Waals surface area (Å²) >= 11 is 1.35. The standard InChI is InChI=1S/C22H28N4O3S2/c1-3-12-26-20-11-10-18(31(23,28)29)13-19(20)25-22(26)30-15-21(27)24-14-16(4-2)17-8-6-5-7-9-17/h5-11,13,16H,3-4,12,14-15H2,1-2H3,(H,24,27)(H2,23,28,29). The van der Waals surface area contributed by atoms with Crippen molar-refractivity contribution >= 4 is 38.7 Å². The van der Waals surface area contributed by atoms with E-state index in [2.05, 4.69) is 36.3 Å². The van der Waals surface area contributed by atoms with Gasteiger partial charge in [-0.25, -0.2) is 18.5 Å². The maximum atomic E-state index is 12.5. The van der Waals surface area contributed by atoms with Crippen molar-refractivity contribution in [1.29, 1.82) is 0 Å². The number of carbonyl (C=O) groups is 1. The van der Waals surface area contributed by atoms with E-state index in [1.807, 2.05) is 22.8 Å². The molecular weight excluding hydrogens is 432 g/mol. The molecule has 31 heavy (non-hydrogen) atoms. The molecule has 0 fully saturated rings. The highest BCUT2D eigenvalue weighted by molar-refractivity contribution is 7.99. The van der Waals surface area contributed by atoms with E-state index in [0.29, 0.717) is 17.2 Å². The minimum atomic E-state index is -3.80. The summed E-state index contributed by atoms with van der Waals surface area (Å²) in [6.45, 7) is 5.48. The van der Waals surface area contributed by atoms with Gasteiger partial charge in [0.25, 0.3) is 0 Å². The van der Waals surface area contributed by atoms with Crippen molar-refractivity contribution in [2.75, 3.05) is 12.3 Å². The summed E-state index contributed by atoms with van der Waals surface area (Å²) in [6, 6.07) is 14.8. The van der Waals surface area contributed by atoms with Gasteiger partial charge < -0.3 is 9.88 Å². The molecule has 0 bridgehead atoms. The van der Waals surface area contributed by atoms with Gasteiger partial charge in [0.15, 0.2) is 5.16 Å². The maximum Gasteiger partial charge on any atom is 0.238 e. The summed E-state index contributed by atoms with van der Waals surface area (Å²) in [5, 5.41) is 8.95. The molecule has 3 N–H and O–H groups in total. The monoisotopic (exact) mass is 460 g/mol. The SMILES string of the molecule is CCCn1c(SCC(=O)NCC(CC)c2ccccc2)nc2cc(S(N)(=O)=O)ccc21. The molecule has 166 valence electrons. The average molecular weight is 461 g/mol. The van der Waals surface area contributed by atoms with Crippen LogP contribution in [0.3, 0.4) is 0 Å². The van der Waals surface area contributed by atoms with E-state index in [1.54, 1.807) is 6.07 Å². The zero-order valence-electron chi connectivity index (χ0n) is 17.7. The summed E-state index contributed by atoms with van der Waals surface area (Å²) < 4.78 is 25.3. The lowest BCUT2D eigenvalue weighted by molar-refractivity contribution is -0.118. The van der Waals surface area contributed by atoms with E-state index < -0.39 is 10.0 Å². The fraction of sp³-hybridized carbons (Fsp3) is 0.364. The second-order valence-corrected chi connectivity index (χ2v) is 9.85. The molecule has 0 saturated heterocycles. The molecule has 1 aromatic heterocycles. The normalized spacial score (nSPS) is 12.7. The van der Waals surface area contributed by atoms with E-state index in [-0.39, 0.29) is 22.5 Å². The molecule has 3 rings (SSSR count). The third-order valence-corrected chi connectivity index (χ3v) is 6.99. The second kappa shape index (κ2) is 10.3. The summed E-state index contributed by atoms with van der Waals surface area (Å²) in [7, 11) is -3.80. The predicted molar refractivity (Wildman–Crippen MR) is 125 cm³/mol. The predicted octanol–water partition coefficient (Wildman–Crippen LogP) is 3.50. The lowest BCUT2D eigenvalue weighted by atomic mass is 9.96. The molecule has 2 aromatic carbocycles. The molecule has 0 saturated carbocycles. The number of amides is 1. The summed E-state index contributed by atoms with van der Waals surface area (Å²) in [5.41, 5.74) is 2.60. The van der Waals surface area contributed by atoms with Crippen molar-refractivity contribution in [1.82, 2.24) is 14.9 Å². The minimum Gasteiger partial charge on any atom is -0.355 e. The van der Waals surface area contributed by atoms with Gasteiger partial charge in [0, 0.05) is 19.0 Å². The Morgan fingerprint density at radius 1 is 1.19 bits per heavy atom. The topological polar surface area (TPSA) is 107 Å². The zero-order valence-corrected chi connectivity index (χ0v) is 19.4. The number of benzene rings is 2. The lowest BCUT2D eigenvalue weighted by Gasteiger charge is -2.16. The van der Waals surface area contributed by atoms with Crippen LogP contribution in [0.4, 0.5) is 0 Å². The maximum absolute atomic E-state index is 12.5. The first-order valence-electron chi connectivity index (χ1n) is 10.3. The van der Waals surface area contributed by atoms with Gasteiger partial charge in [0.05, 0.1) is 21.7 Å². The molecule has 0 aliphatic heterocycles. The number of aryl methyl sites for hydroxylation is 1. The molecule has 3 aromatic rings. The molecule has 1 heterocycles. The highest BCUT2D eigenvalue weighted by Crippen LogP contribution is 2.26. The van der Waals surface area contributed by atoms with E-state index in [4.69, 9.17) is 5.14 Å². The lowest BCUT2D eigenvalue weighted by Crippen LogP contribution is -2.29. The van der Waals surface area contributed by atoms with E-state index >= 15 is 0 Å². The van der Waals surface area contributed by atoms with Crippen LogP contribution in [0.2, 0.25) is 0 Å². The Hall–Kier alpha value is -2.36. The Morgan fingerprint density at radius 2 is 1.94 bits per heavy atom. The van der Waals surface area contributed by atoms with Crippen molar-refractivity contribution in [3.8, 4) is 0 Å². The highest BCUT2D eigenvalue weighted by Gasteiger charge is 2.16. The number of hydrogen-bond acceptors (Lipinski definition) is 5. The fourth-order valence-corrected chi connectivity index (χ4v) is 4.86. The van der Waals surface area contributed by atoms with Crippen molar-refractivity contribution in [3.05, 3.63) is 54.1 Å². The fourth-order valence-electron chi connectivity index (χ4n) is 3.46. The van der Waals surface area contributed by atoms with Crippen LogP contribution in [-0.2, 0) is 21.4 Å². The van der Waals surface area contributed by atoms with Gasteiger partial charge in [-0.2, -0.15) is 0 Å². The van der Waals surface area contributed by atoms with E-state index in [1.165, 1.54) is 29.5 Å². The highest BCUT2D eigenvalue weighted by atomic mass is 32.2. The molecule has 1 amide bonds. The molecule has 0 spiro atoms. The zero-order chi connectivity index (χ0) is 22.4. The van der Waals surface area contributed by atoms with Crippen LogP contribution in [0.25, 0.3) is 11.0 Å². The van der Waals surface area contributed by atoms with Crippen LogP contribution in [0.5, 0.6) is 0 Å². The number of sulfonamides is 1. The van der Waals surface area contributed by atoms with Crippen LogP contribution in [0, 0.1) is 0 Å². The minimum absolute atomic E-state index is 0.0296. The van der Waals surface area contributed by atoms with Crippen molar-refractivity contribution < 1.29 is 13.2 Å². The Bertz CT molecular complexity index is 1140. The molecule has 1 unspecified atom stereocenters. The average Bonchev–Trinajstić information content (AvgIpc) is 3.10. The number of nitrogens with zero attached hydrogens (tertiary/aromatic N) is 2. The van der Waals surface area contributed by atoms with E-state index in [9.17, 15) is 13.2 Å². The Balaban J connectivity index is 1.69. The van der Waals surface area contributed by atoms with Gasteiger partial charge in [0.2, 0.25) is 15.9 Å². The molecule has 9 heteroatoms. The van der Waals surface area contributed by atoms with Crippen LogP contribution in [0.15, 0.2) is 58.6 Å². The van der Waals surface area contributed by atoms with Gasteiger partial charge in [-0.05, 0) is 36.6 Å². The van der Waals surface area contributed by atoms with Gasteiger partial charge in [-0.3, -0.25) is 4.79 Å². The Labute approximate surface area is 187 Å². The van der Waals surface area contributed by atoms with Gasteiger partial charge in [-0.1, -0.05) is 55.9 Å². The number of aromatic nitrogens is 2. The van der Waals surface area contributed by atoms with Crippen LogP contribution in [0.1, 0.15) is 38.2 Å². The van der Waals surface area contributed by atoms with Crippen molar-refractivity contribution in [3.63, 3.8) is 0 Å². The smallest absolute Gasteiger partial charge is 0.238 e. The van der Waals surface area contributed by atoms with Crippen molar-refractivity contribution in [2.24, 2.45) is 5.14 Å². The first kappa shape index (κ1) is 23.3. The molecular formula is C22H28N4O3S2. The van der Waals surface area contributed by atoms with E-state index in [0.717, 1.165) is 24.9 Å². The Kier molecular flexibility index (Phi) is 7.74. The third kappa shape index (κ3) is 5.87. The van der Waals surface area contributed by atoms with Gasteiger partial charge in [0.1, 0.15) is 0 Å². The number of rotatable bonds is 10. The number of hydrogen-bond donors (Lipinski definition) is 2. The molecule has 1 atom stereocenters. The summed E-state index contributed by atoms with van der Waals surface area (Å²) in [6.07, 6.45) is 1.83. The molecule has 0 aliphatic carbocycles. The third-order valence-electron chi connectivity index (χ3n) is 5.10. The van der Waals surface area contributed by atoms with Crippen LogP contribution < -0.4 is 10.5 Å². The molecule has 0 aliphatic rings. The summed E-state index contributed by atoms with van der Waals surface area (Å²) in [5.74, 6) is 0.455. The first-order chi connectivity index (χ1) is 14.8. The number of thioether (sulfide) groups is 1. The summed E-state index contributed by atoms with van der Waals surface area (Å²) in [4.78, 5) is 17.1. The number of primary sulfonamides is 1. The first-order valence-corrected chi connectivity index (χ1v) is 12.8. The number of nitrogens with one attached hydrogen (secondary N) is 1.